The Balaban J connectivity index is 1.91. The van der Waals surface area contributed by atoms with Crippen molar-refractivity contribution in [3.05, 3.63) is 65.7 Å². The summed E-state index contributed by atoms with van der Waals surface area (Å²) in [7, 11) is 0. The SMILES string of the molecule is CC(Cl)c1nc2ccccc2n1CCc1ccc(F)cc1. The third-order valence-electron chi connectivity index (χ3n) is 3.58. The highest BCUT2D eigenvalue weighted by Gasteiger charge is 2.14. The van der Waals surface area contributed by atoms with Crippen molar-refractivity contribution in [3.63, 3.8) is 0 Å². The van der Waals surface area contributed by atoms with Crippen LogP contribution < -0.4 is 0 Å². The molecule has 2 aromatic carbocycles. The Labute approximate surface area is 128 Å². The summed E-state index contributed by atoms with van der Waals surface area (Å²) in [5, 5.41) is -0.148. The molecule has 0 amide bonds. The Kier molecular flexibility index (Phi) is 3.93. The Morgan fingerprint density at radius 1 is 1.14 bits per heavy atom. The number of aromatic nitrogens is 2. The zero-order valence-corrected chi connectivity index (χ0v) is 12.5. The van der Waals surface area contributed by atoms with Crippen molar-refractivity contribution < 1.29 is 4.39 Å². The monoisotopic (exact) mass is 302 g/mol. The molecule has 1 heterocycles. The van der Waals surface area contributed by atoms with Crippen LogP contribution in [0.25, 0.3) is 11.0 Å². The first kappa shape index (κ1) is 14.1. The van der Waals surface area contributed by atoms with E-state index >= 15 is 0 Å². The number of imidazole rings is 1. The van der Waals surface area contributed by atoms with Gasteiger partial charge >= 0.3 is 0 Å². The number of halogens is 2. The lowest BCUT2D eigenvalue weighted by atomic mass is 10.1. The van der Waals surface area contributed by atoms with E-state index in [1.54, 1.807) is 0 Å². The molecule has 21 heavy (non-hydrogen) atoms. The fourth-order valence-corrected chi connectivity index (χ4v) is 2.69. The van der Waals surface area contributed by atoms with Gasteiger partial charge in [-0.3, -0.25) is 0 Å². The summed E-state index contributed by atoms with van der Waals surface area (Å²) in [5.74, 6) is 0.668. The lowest BCUT2D eigenvalue weighted by molar-refractivity contribution is 0.624. The number of alkyl halides is 1. The summed E-state index contributed by atoms with van der Waals surface area (Å²) in [6.45, 7) is 2.70. The van der Waals surface area contributed by atoms with Gasteiger partial charge in [0.1, 0.15) is 11.6 Å². The Hall–Kier alpha value is -1.87. The van der Waals surface area contributed by atoms with Crippen molar-refractivity contribution >= 4 is 22.6 Å². The molecule has 0 aliphatic heterocycles. The van der Waals surface area contributed by atoms with E-state index < -0.39 is 0 Å². The van der Waals surface area contributed by atoms with Gasteiger partial charge in [-0.2, -0.15) is 0 Å². The van der Waals surface area contributed by atoms with E-state index in [4.69, 9.17) is 11.6 Å². The first-order valence-corrected chi connectivity index (χ1v) is 7.42. The van der Waals surface area contributed by atoms with E-state index in [-0.39, 0.29) is 11.2 Å². The van der Waals surface area contributed by atoms with Crippen molar-refractivity contribution in [3.8, 4) is 0 Å². The van der Waals surface area contributed by atoms with E-state index in [9.17, 15) is 4.39 Å². The second-order valence-corrected chi connectivity index (χ2v) is 5.76. The number of fused-ring (bicyclic) bond motifs is 1. The highest BCUT2D eigenvalue weighted by Crippen LogP contribution is 2.24. The lowest BCUT2D eigenvalue weighted by Gasteiger charge is -2.10. The molecule has 0 N–H and O–H groups in total. The van der Waals surface area contributed by atoms with Crippen LogP contribution >= 0.6 is 11.6 Å². The van der Waals surface area contributed by atoms with Gasteiger partial charge in [-0.05, 0) is 43.2 Å². The van der Waals surface area contributed by atoms with E-state index in [0.717, 1.165) is 35.4 Å². The molecule has 0 aliphatic carbocycles. The average Bonchev–Trinajstić information content (AvgIpc) is 2.86. The van der Waals surface area contributed by atoms with Crippen LogP contribution in [0.5, 0.6) is 0 Å². The van der Waals surface area contributed by atoms with Crippen LogP contribution in [-0.4, -0.2) is 9.55 Å². The maximum atomic E-state index is 12.9. The second-order valence-electron chi connectivity index (χ2n) is 5.10. The second kappa shape index (κ2) is 5.86. The molecule has 0 saturated carbocycles. The highest BCUT2D eigenvalue weighted by molar-refractivity contribution is 6.20. The number of aryl methyl sites for hydroxylation is 2. The topological polar surface area (TPSA) is 17.8 Å². The molecule has 3 aromatic rings. The third kappa shape index (κ3) is 2.93. The fraction of sp³-hybridized carbons (Fsp3) is 0.235. The summed E-state index contributed by atoms with van der Waals surface area (Å²) >= 11 is 6.25. The molecule has 0 fully saturated rings. The normalized spacial score (nSPS) is 12.7. The fourth-order valence-electron chi connectivity index (χ4n) is 2.52. The Bertz CT molecular complexity index is 747. The summed E-state index contributed by atoms with van der Waals surface area (Å²) < 4.78 is 15.1. The minimum Gasteiger partial charge on any atom is -0.326 e. The van der Waals surface area contributed by atoms with E-state index in [2.05, 4.69) is 15.6 Å². The first-order valence-electron chi connectivity index (χ1n) is 6.99. The van der Waals surface area contributed by atoms with Crippen LogP contribution in [0.2, 0.25) is 0 Å². The molecule has 108 valence electrons. The van der Waals surface area contributed by atoms with Gasteiger partial charge in [0.05, 0.1) is 16.4 Å². The molecular weight excluding hydrogens is 287 g/mol. The van der Waals surface area contributed by atoms with Crippen LogP contribution in [0.3, 0.4) is 0 Å². The summed E-state index contributed by atoms with van der Waals surface area (Å²) in [6, 6.07) is 14.6. The number of benzene rings is 2. The Morgan fingerprint density at radius 2 is 1.86 bits per heavy atom. The van der Waals surface area contributed by atoms with Gasteiger partial charge in [0.25, 0.3) is 0 Å². The van der Waals surface area contributed by atoms with Crippen molar-refractivity contribution in [1.29, 1.82) is 0 Å². The van der Waals surface area contributed by atoms with E-state index in [1.165, 1.54) is 12.1 Å². The largest absolute Gasteiger partial charge is 0.326 e. The van der Waals surface area contributed by atoms with Gasteiger partial charge in [-0.15, -0.1) is 11.6 Å². The minimum atomic E-state index is -0.207. The standard InChI is InChI=1S/C17H16ClFN2/c1-12(18)17-20-15-4-2-3-5-16(15)21(17)11-10-13-6-8-14(19)9-7-13/h2-9,12H,10-11H2,1H3. The molecule has 0 saturated heterocycles. The Morgan fingerprint density at radius 3 is 2.57 bits per heavy atom. The third-order valence-corrected chi connectivity index (χ3v) is 3.77. The van der Waals surface area contributed by atoms with E-state index in [1.807, 2.05) is 37.3 Å². The molecule has 1 atom stereocenters. The zero-order chi connectivity index (χ0) is 14.8. The maximum Gasteiger partial charge on any atom is 0.127 e. The molecule has 0 spiro atoms. The minimum absolute atomic E-state index is 0.148. The van der Waals surface area contributed by atoms with Crippen molar-refractivity contribution in [1.82, 2.24) is 9.55 Å². The predicted molar refractivity (Wildman–Crippen MR) is 84.1 cm³/mol. The van der Waals surface area contributed by atoms with Crippen molar-refractivity contribution in [2.45, 2.75) is 25.3 Å². The number of nitrogens with zero attached hydrogens (tertiary/aromatic N) is 2. The van der Waals surface area contributed by atoms with Crippen molar-refractivity contribution in [2.75, 3.05) is 0 Å². The van der Waals surface area contributed by atoms with Gasteiger partial charge in [0.15, 0.2) is 0 Å². The number of hydrogen-bond acceptors (Lipinski definition) is 1. The van der Waals surface area contributed by atoms with Crippen molar-refractivity contribution in [2.24, 2.45) is 0 Å². The number of hydrogen-bond donors (Lipinski definition) is 0. The summed E-state index contributed by atoms with van der Waals surface area (Å²) in [6.07, 6.45) is 0.817. The quantitative estimate of drug-likeness (QED) is 0.638. The molecule has 0 radical (unpaired) electrons. The maximum absolute atomic E-state index is 12.9. The molecular formula is C17H16ClFN2. The molecule has 0 bridgehead atoms. The van der Waals surface area contributed by atoms with Gasteiger partial charge < -0.3 is 4.57 Å². The smallest absolute Gasteiger partial charge is 0.127 e. The highest BCUT2D eigenvalue weighted by atomic mass is 35.5. The van der Waals surface area contributed by atoms with Gasteiger partial charge in [0.2, 0.25) is 0 Å². The number of rotatable bonds is 4. The lowest BCUT2D eigenvalue weighted by Crippen LogP contribution is -2.06. The van der Waals surface area contributed by atoms with Crippen LogP contribution in [0.1, 0.15) is 23.7 Å². The molecule has 1 aromatic heterocycles. The number of para-hydroxylation sites is 2. The molecule has 1 unspecified atom stereocenters. The van der Waals surface area contributed by atoms with Crippen LogP contribution in [0.15, 0.2) is 48.5 Å². The summed E-state index contributed by atoms with van der Waals surface area (Å²) in [4.78, 5) is 4.61. The average molecular weight is 303 g/mol. The first-order chi connectivity index (χ1) is 10.1. The van der Waals surface area contributed by atoms with Gasteiger partial charge in [0, 0.05) is 6.54 Å². The van der Waals surface area contributed by atoms with E-state index in [0.29, 0.717) is 0 Å². The van der Waals surface area contributed by atoms with Gasteiger partial charge in [-0.25, -0.2) is 9.37 Å². The zero-order valence-electron chi connectivity index (χ0n) is 11.8. The molecule has 2 nitrogen and oxygen atoms in total. The van der Waals surface area contributed by atoms with Crippen LogP contribution in [0.4, 0.5) is 4.39 Å². The predicted octanol–water partition coefficient (Wildman–Crippen LogP) is 4.72. The molecule has 0 aliphatic rings. The molecule has 4 heteroatoms. The van der Waals surface area contributed by atoms with Gasteiger partial charge in [-0.1, -0.05) is 24.3 Å². The summed E-state index contributed by atoms with van der Waals surface area (Å²) in [5.41, 5.74) is 3.14. The van der Waals surface area contributed by atoms with Crippen LogP contribution in [0, 0.1) is 5.82 Å². The van der Waals surface area contributed by atoms with Crippen LogP contribution in [-0.2, 0) is 13.0 Å². The molecule has 3 rings (SSSR count).